The maximum atomic E-state index is 10.8. The van der Waals surface area contributed by atoms with E-state index in [0.717, 1.165) is 30.8 Å². The van der Waals surface area contributed by atoms with Crippen LogP contribution in [0.3, 0.4) is 0 Å². The molecule has 0 radical (unpaired) electrons. The second kappa shape index (κ2) is 7.32. The first-order valence-corrected chi connectivity index (χ1v) is 7.65. The van der Waals surface area contributed by atoms with Crippen LogP contribution in [-0.2, 0) is 0 Å². The van der Waals surface area contributed by atoms with Gasteiger partial charge in [0.2, 0.25) is 0 Å². The van der Waals surface area contributed by atoms with E-state index in [1.165, 1.54) is 19.3 Å². The van der Waals surface area contributed by atoms with E-state index in [0.29, 0.717) is 17.9 Å². The molecule has 2 atom stereocenters. The maximum Gasteiger partial charge on any atom is 0.161 e. The first-order chi connectivity index (χ1) is 9.76. The standard InChI is InChI=1S/C17H24O3/c1-3-13-6-5-7-15(10-13)20-16-9-8-14(12-18)11-17(16)19-4-2/h8-9,11-13,15H,3-7,10H2,1-2H3. The molecule has 0 aliphatic heterocycles. The van der Waals surface area contributed by atoms with Crippen LogP contribution in [0.5, 0.6) is 11.5 Å². The summed E-state index contributed by atoms with van der Waals surface area (Å²) in [4.78, 5) is 10.8. The average molecular weight is 276 g/mol. The third-order valence-electron chi connectivity index (χ3n) is 4.01. The fraction of sp³-hybridized carbons (Fsp3) is 0.588. The summed E-state index contributed by atoms with van der Waals surface area (Å²) in [7, 11) is 0. The molecule has 0 N–H and O–H groups in total. The number of carbonyl (C=O) groups excluding carboxylic acids is 1. The Balaban J connectivity index is 2.09. The molecule has 1 fully saturated rings. The van der Waals surface area contributed by atoms with Crippen LogP contribution in [0.2, 0.25) is 0 Å². The fourth-order valence-electron chi connectivity index (χ4n) is 2.86. The Kier molecular flexibility index (Phi) is 5.45. The quantitative estimate of drug-likeness (QED) is 0.729. The molecule has 0 aromatic heterocycles. The summed E-state index contributed by atoms with van der Waals surface area (Å²) >= 11 is 0. The molecule has 1 aliphatic rings. The predicted octanol–water partition coefficient (Wildman–Crippen LogP) is 4.25. The minimum atomic E-state index is 0.273. The smallest absolute Gasteiger partial charge is 0.161 e. The summed E-state index contributed by atoms with van der Waals surface area (Å²) in [6, 6.07) is 5.39. The second-order valence-electron chi connectivity index (χ2n) is 5.44. The predicted molar refractivity (Wildman–Crippen MR) is 79.7 cm³/mol. The SMILES string of the molecule is CCOc1cc(C=O)ccc1OC1CCCC(CC)C1. The van der Waals surface area contributed by atoms with E-state index in [-0.39, 0.29) is 6.10 Å². The second-order valence-corrected chi connectivity index (χ2v) is 5.44. The summed E-state index contributed by atoms with van der Waals surface area (Å²) < 4.78 is 11.7. The highest BCUT2D eigenvalue weighted by atomic mass is 16.5. The summed E-state index contributed by atoms with van der Waals surface area (Å²) in [5.41, 5.74) is 0.621. The van der Waals surface area contributed by atoms with Crippen molar-refractivity contribution in [1.29, 1.82) is 0 Å². The van der Waals surface area contributed by atoms with Gasteiger partial charge in [0.15, 0.2) is 11.5 Å². The van der Waals surface area contributed by atoms with Gasteiger partial charge in [0.05, 0.1) is 12.7 Å². The van der Waals surface area contributed by atoms with Gasteiger partial charge in [-0.25, -0.2) is 0 Å². The van der Waals surface area contributed by atoms with Crippen LogP contribution < -0.4 is 9.47 Å². The zero-order valence-corrected chi connectivity index (χ0v) is 12.4. The Labute approximate surface area is 121 Å². The van der Waals surface area contributed by atoms with Gasteiger partial charge in [-0.2, -0.15) is 0 Å². The molecular formula is C17H24O3. The number of aldehydes is 1. The molecule has 3 heteroatoms. The largest absolute Gasteiger partial charge is 0.490 e. The van der Waals surface area contributed by atoms with Gasteiger partial charge in [-0.3, -0.25) is 4.79 Å². The van der Waals surface area contributed by atoms with E-state index in [2.05, 4.69) is 6.92 Å². The summed E-state index contributed by atoms with van der Waals surface area (Å²) in [5, 5.41) is 0. The number of ether oxygens (including phenoxy) is 2. The minimum absolute atomic E-state index is 0.273. The lowest BCUT2D eigenvalue weighted by atomic mass is 9.85. The lowest BCUT2D eigenvalue weighted by Gasteiger charge is -2.29. The first-order valence-electron chi connectivity index (χ1n) is 7.65. The molecule has 2 rings (SSSR count). The van der Waals surface area contributed by atoms with E-state index in [4.69, 9.17) is 9.47 Å². The number of benzene rings is 1. The van der Waals surface area contributed by atoms with Gasteiger partial charge in [0.25, 0.3) is 0 Å². The molecule has 110 valence electrons. The van der Waals surface area contributed by atoms with Crippen molar-refractivity contribution in [2.75, 3.05) is 6.61 Å². The van der Waals surface area contributed by atoms with Gasteiger partial charge < -0.3 is 9.47 Å². The molecule has 0 amide bonds. The highest BCUT2D eigenvalue weighted by Gasteiger charge is 2.23. The Morgan fingerprint density at radius 2 is 2.10 bits per heavy atom. The van der Waals surface area contributed by atoms with Crippen molar-refractivity contribution in [1.82, 2.24) is 0 Å². The summed E-state index contributed by atoms with van der Waals surface area (Å²) in [6.45, 7) is 4.75. The molecule has 1 aliphatic carbocycles. The van der Waals surface area contributed by atoms with E-state index in [9.17, 15) is 4.79 Å². The third kappa shape index (κ3) is 3.75. The van der Waals surface area contributed by atoms with Crippen LogP contribution in [0.4, 0.5) is 0 Å². The van der Waals surface area contributed by atoms with Gasteiger partial charge in [-0.1, -0.05) is 19.8 Å². The number of carbonyl (C=O) groups is 1. The highest BCUT2D eigenvalue weighted by molar-refractivity contribution is 5.76. The van der Waals surface area contributed by atoms with E-state index >= 15 is 0 Å². The topological polar surface area (TPSA) is 35.5 Å². The Morgan fingerprint density at radius 3 is 2.80 bits per heavy atom. The third-order valence-corrected chi connectivity index (χ3v) is 4.01. The molecule has 0 spiro atoms. The van der Waals surface area contributed by atoms with Crippen LogP contribution >= 0.6 is 0 Å². The summed E-state index contributed by atoms with van der Waals surface area (Å²) in [5.74, 6) is 2.22. The Morgan fingerprint density at radius 1 is 1.25 bits per heavy atom. The lowest BCUT2D eigenvalue weighted by Crippen LogP contribution is -2.25. The van der Waals surface area contributed by atoms with Crippen molar-refractivity contribution in [3.05, 3.63) is 23.8 Å². The highest BCUT2D eigenvalue weighted by Crippen LogP contribution is 2.34. The number of hydrogen-bond donors (Lipinski definition) is 0. The molecule has 1 saturated carbocycles. The molecule has 0 saturated heterocycles. The van der Waals surface area contributed by atoms with Crippen LogP contribution in [0.15, 0.2) is 18.2 Å². The number of rotatable bonds is 6. The van der Waals surface area contributed by atoms with Gasteiger partial charge in [0.1, 0.15) is 6.29 Å². The molecule has 2 unspecified atom stereocenters. The van der Waals surface area contributed by atoms with Crippen LogP contribution in [0.1, 0.15) is 56.3 Å². The zero-order valence-electron chi connectivity index (χ0n) is 12.4. The summed E-state index contributed by atoms with van der Waals surface area (Å²) in [6.07, 6.45) is 7.12. The van der Waals surface area contributed by atoms with Crippen molar-refractivity contribution < 1.29 is 14.3 Å². The monoisotopic (exact) mass is 276 g/mol. The molecule has 1 aromatic carbocycles. The molecular weight excluding hydrogens is 252 g/mol. The van der Waals surface area contributed by atoms with Crippen LogP contribution in [-0.4, -0.2) is 19.0 Å². The van der Waals surface area contributed by atoms with Gasteiger partial charge >= 0.3 is 0 Å². The van der Waals surface area contributed by atoms with E-state index < -0.39 is 0 Å². The van der Waals surface area contributed by atoms with Crippen molar-refractivity contribution in [2.45, 2.75) is 52.1 Å². The first kappa shape index (κ1) is 14.9. The van der Waals surface area contributed by atoms with Crippen LogP contribution in [0.25, 0.3) is 0 Å². The van der Waals surface area contributed by atoms with Gasteiger partial charge in [0, 0.05) is 5.56 Å². The van der Waals surface area contributed by atoms with Gasteiger partial charge in [-0.15, -0.1) is 0 Å². The van der Waals surface area contributed by atoms with E-state index in [1.54, 1.807) is 12.1 Å². The average Bonchev–Trinajstić information content (AvgIpc) is 2.49. The molecule has 20 heavy (non-hydrogen) atoms. The fourth-order valence-corrected chi connectivity index (χ4v) is 2.86. The zero-order chi connectivity index (χ0) is 14.4. The maximum absolute atomic E-state index is 10.8. The molecule has 1 aromatic rings. The Hall–Kier alpha value is -1.51. The van der Waals surface area contributed by atoms with Crippen molar-refractivity contribution in [3.8, 4) is 11.5 Å². The Bertz CT molecular complexity index is 442. The molecule has 3 nitrogen and oxygen atoms in total. The van der Waals surface area contributed by atoms with Crippen molar-refractivity contribution in [3.63, 3.8) is 0 Å². The van der Waals surface area contributed by atoms with Gasteiger partial charge in [-0.05, 0) is 50.3 Å². The van der Waals surface area contributed by atoms with Crippen molar-refractivity contribution in [2.24, 2.45) is 5.92 Å². The van der Waals surface area contributed by atoms with E-state index in [1.807, 2.05) is 13.0 Å². The van der Waals surface area contributed by atoms with Crippen molar-refractivity contribution >= 4 is 6.29 Å². The molecule has 0 heterocycles. The van der Waals surface area contributed by atoms with Crippen LogP contribution in [0, 0.1) is 5.92 Å². The minimum Gasteiger partial charge on any atom is -0.490 e. The lowest BCUT2D eigenvalue weighted by molar-refractivity contribution is 0.112. The normalized spacial score (nSPS) is 22.3. The number of hydrogen-bond acceptors (Lipinski definition) is 3. The molecule has 0 bridgehead atoms.